The van der Waals surface area contributed by atoms with Crippen molar-refractivity contribution in [2.24, 2.45) is 10.1 Å². The van der Waals surface area contributed by atoms with Crippen LogP contribution in [0.4, 0.5) is 5.69 Å². The molecule has 154 valence electrons. The number of para-hydroxylation sites is 1. The molecule has 0 unspecified atom stereocenters. The molecule has 0 amide bonds. The van der Waals surface area contributed by atoms with Crippen LogP contribution in [0.5, 0.6) is 5.75 Å². The molecule has 0 atom stereocenters. The molecule has 0 aliphatic heterocycles. The number of hydrogen-bond acceptors (Lipinski definition) is 6. The number of rotatable bonds is 6. The van der Waals surface area contributed by atoms with Crippen molar-refractivity contribution in [2.75, 3.05) is 25.0 Å². The van der Waals surface area contributed by atoms with Gasteiger partial charge in [-0.15, -0.1) is 11.3 Å². The van der Waals surface area contributed by atoms with Gasteiger partial charge in [0, 0.05) is 48.2 Å². The second-order valence-electron chi connectivity index (χ2n) is 6.75. The fourth-order valence-corrected chi connectivity index (χ4v) is 4.17. The van der Waals surface area contributed by atoms with Gasteiger partial charge in [0.05, 0.1) is 6.21 Å². The van der Waals surface area contributed by atoms with Crippen LogP contribution in [0.3, 0.4) is 0 Å². The molecule has 30 heavy (non-hydrogen) atoms. The molecule has 6 nitrogen and oxygen atoms in total. The summed E-state index contributed by atoms with van der Waals surface area (Å²) in [5.74, 6) is 0.917. The SMILES string of the molecule is CCN(CC)c1ccc(C=Nn2c(-c3cc4ccccc4o3)csc2=NC)c(O)c1. The van der Waals surface area contributed by atoms with E-state index in [0.29, 0.717) is 5.56 Å². The Morgan fingerprint density at radius 3 is 2.63 bits per heavy atom. The van der Waals surface area contributed by atoms with E-state index in [-0.39, 0.29) is 5.75 Å². The van der Waals surface area contributed by atoms with E-state index in [4.69, 9.17) is 4.42 Å². The van der Waals surface area contributed by atoms with Gasteiger partial charge in [0.25, 0.3) is 0 Å². The molecule has 0 aliphatic carbocycles. The van der Waals surface area contributed by atoms with Gasteiger partial charge in [0.2, 0.25) is 4.80 Å². The summed E-state index contributed by atoms with van der Waals surface area (Å²) in [6, 6.07) is 15.5. The lowest BCUT2D eigenvalue weighted by molar-refractivity contribution is 0.474. The lowest BCUT2D eigenvalue weighted by atomic mass is 10.2. The molecule has 0 radical (unpaired) electrons. The number of phenolic OH excluding ortho intramolecular Hbond substituents is 1. The third-order valence-corrected chi connectivity index (χ3v) is 5.92. The van der Waals surface area contributed by atoms with Crippen LogP contribution >= 0.6 is 11.3 Å². The van der Waals surface area contributed by atoms with Crippen molar-refractivity contribution >= 4 is 34.2 Å². The smallest absolute Gasteiger partial charge is 0.206 e. The van der Waals surface area contributed by atoms with Crippen molar-refractivity contribution in [3.8, 4) is 17.2 Å². The zero-order chi connectivity index (χ0) is 21.1. The second kappa shape index (κ2) is 8.59. The minimum atomic E-state index is 0.194. The van der Waals surface area contributed by atoms with E-state index in [1.54, 1.807) is 24.0 Å². The number of hydrogen-bond donors (Lipinski definition) is 1. The van der Waals surface area contributed by atoms with Crippen molar-refractivity contribution in [2.45, 2.75) is 13.8 Å². The molecule has 7 heteroatoms. The molecule has 2 aromatic heterocycles. The highest BCUT2D eigenvalue weighted by atomic mass is 32.1. The van der Waals surface area contributed by atoms with E-state index < -0.39 is 0 Å². The van der Waals surface area contributed by atoms with Crippen LogP contribution in [0.15, 0.2) is 68.4 Å². The van der Waals surface area contributed by atoms with Crippen molar-refractivity contribution in [3.63, 3.8) is 0 Å². The average Bonchev–Trinajstić information content (AvgIpc) is 3.37. The molecule has 0 bridgehead atoms. The molecule has 2 heterocycles. The molecule has 0 spiro atoms. The summed E-state index contributed by atoms with van der Waals surface area (Å²) < 4.78 is 7.75. The van der Waals surface area contributed by atoms with Gasteiger partial charge in [-0.1, -0.05) is 18.2 Å². The number of phenols is 1. The highest BCUT2D eigenvalue weighted by Crippen LogP contribution is 2.28. The van der Waals surface area contributed by atoms with E-state index in [1.165, 1.54) is 11.3 Å². The van der Waals surface area contributed by atoms with E-state index in [0.717, 1.165) is 46.0 Å². The summed E-state index contributed by atoms with van der Waals surface area (Å²) >= 11 is 1.49. The predicted molar refractivity (Wildman–Crippen MR) is 124 cm³/mol. The molecule has 1 N–H and O–H groups in total. The summed E-state index contributed by atoms with van der Waals surface area (Å²) in [4.78, 5) is 7.24. The lowest BCUT2D eigenvalue weighted by Crippen LogP contribution is -2.21. The fourth-order valence-electron chi connectivity index (χ4n) is 3.39. The van der Waals surface area contributed by atoms with Crippen LogP contribution in [0.1, 0.15) is 19.4 Å². The minimum Gasteiger partial charge on any atom is -0.507 e. The Morgan fingerprint density at radius 1 is 1.13 bits per heavy atom. The third-order valence-electron chi connectivity index (χ3n) is 5.01. The summed E-state index contributed by atoms with van der Waals surface area (Å²) in [6.07, 6.45) is 1.65. The van der Waals surface area contributed by atoms with Gasteiger partial charge in [-0.3, -0.25) is 4.99 Å². The van der Waals surface area contributed by atoms with E-state index >= 15 is 0 Å². The maximum absolute atomic E-state index is 10.5. The maximum atomic E-state index is 10.5. The largest absolute Gasteiger partial charge is 0.507 e. The van der Waals surface area contributed by atoms with Gasteiger partial charge in [-0.05, 0) is 38.1 Å². The van der Waals surface area contributed by atoms with E-state index in [1.807, 2.05) is 47.8 Å². The lowest BCUT2D eigenvalue weighted by Gasteiger charge is -2.21. The first-order valence-corrected chi connectivity index (χ1v) is 10.8. The van der Waals surface area contributed by atoms with E-state index in [9.17, 15) is 5.11 Å². The molecule has 4 rings (SSSR count). The Kier molecular flexibility index (Phi) is 5.72. The molecular weight excluding hydrogens is 396 g/mol. The molecule has 4 aromatic rings. The third kappa shape index (κ3) is 3.76. The highest BCUT2D eigenvalue weighted by Gasteiger charge is 2.13. The number of benzene rings is 2. The highest BCUT2D eigenvalue weighted by molar-refractivity contribution is 7.07. The first kappa shape index (κ1) is 20.0. The topological polar surface area (TPSA) is 66.3 Å². The number of fused-ring (bicyclic) bond motifs is 1. The van der Waals surface area contributed by atoms with Gasteiger partial charge in [-0.2, -0.15) is 5.10 Å². The quantitative estimate of drug-likeness (QED) is 0.450. The number of anilines is 1. The minimum absolute atomic E-state index is 0.194. The summed E-state index contributed by atoms with van der Waals surface area (Å²) in [6.45, 7) is 5.96. The first-order chi connectivity index (χ1) is 14.6. The van der Waals surface area contributed by atoms with Crippen molar-refractivity contribution in [1.29, 1.82) is 0 Å². The number of aromatic nitrogens is 1. The zero-order valence-electron chi connectivity index (χ0n) is 17.2. The predicted octanol–water partition coefficient (Wildman–Crippen LogP) is 4.93. The Morgan fingerprint density at radius 2 is 1.93 bits per heavy atom. The zero-order valence-corrected chi connectivity index (χ0v) is 18.1. The average molecular weight is 421 g/mol. The standard InChI is InChI=1S/C23H24N4O2S/c1-4-26(5-2)18-11-10-17(20(28)13-18)14-25-27-19(15-30-23(27)24-3)22-12-16-8-6-7-9-21(16)29-22/h6-15,28H,4-5H2,1-3H3. The van der Waals surface area contributed by atoms with Gasteiger partial charge >= 0.3 is 0 Å². The Balaban J connectivity index is 1.71. The van der Waals surface area contributed by atoms with Crippen molar-refractivity contribution in [1.82, 2.24) is 4.68 Å². The summed E-state index contributed by atoms with van der Waals surface area (Å²) in [7, 11) is 1.73. The van der Waals surface area contributed by atoms with E-state index in [2.05, 4.69) is 28.8 Å². The Labute approximate surface area is 179 Å². The Bertz CT molecular complexity index is 1230. The first-order valence-electron chi connectivity index (χ1n) is 9.89. The van der Waals surface area contributed by atoms with Crippen molar-refractivity contribution < 1.29 is 9.52 Å². The molecule has 0 aliphatic rings. The van der Waals surface area contributed by atoms with Gasteiger partial charge in [0.1, 0.15) is 17.0 Å². The second-order valence-corrected chi connectivity index (χ2v) is 7.58. The molecule has 0 saturated carbocycles. The number of nitrogens with zero attached hydrogens (tertiary/aromatic N) is 4. The molecule has 2 aromatic carbocycles. The summed E-state index contributed by atoms with van der Waals surface area (Å²) in [5.41, 5.74) is 3.27. The molecule has 0 saturated heterocycles. The number of aromatic hydroxyl groups is 1. The Hall–Kier alpha value is -3.32. The van der Waals surface area contributed by atoms with Crippen LogP contribution in [0, 0.1) is 0 Å². The molecule has 0 fully saturated rings. The monoisotopic (exact) mass is 420 g/mol. The number of thiazole rings is 1. The molecular formula is C23H24N4O2S. The van der Waals surface area contributed by atoms with Crippen LogP contribution < -0.4 is 9.70 Å². The fraction of sp³-hybridized carbons (Fsp3) is 0.217. The van der Waals surface area contributed by atoms with Crippen LogP contribution in [-0.4, -0.2) is 36.1 Å². The van der Waals surface area contributed by atoms with Gasteiger partial charge < -0.3 is 14.4 Å². The van der Waals surface area contributed by atoms with Crippen LogP contribution in [0.2, 0.25) is 0 Å². The van der Waals surface area contributed by atoms with Gasteiger partial charge in [0.15, 0.2) is 5.76 Å². The maximum Gasteiger partial charge on any atom is 0.206 e. The number of furan rings is 1. The normalized spacial score (nSPS) is 12.3. The van der Waals surface area contributed by atoms with Crippen molar-refractivity contribution in [3.05, 3.63) is 64.3 Å². The van der Waals surface area contributed by atoms with Gasteiger partial charge in [-0.25, -0.2) is 4.68 Å². The summed E-state index contributed by atoms with van der Waals surface area (Å²) in [5, 5.41) is 18.1. The van der Waals surface area contributed by atoms with Crippen LogP contribution in [0.25, 0.3) is 22.4 Å². The van der Waals surface area contributed by atoms with Crippen LogP contribution in [-0.2, 0) is 0 Å².